The number of nitrogens with one attached hydrogen (secondary N) is 1. The lowest BCUT2D eigenvalue weighted by Gasteiger charge is -2.26. The summed E-state index contributed by atoms with van der Waals surface area (Å²) in [6, 6.07) is 5.63. The molecular weight excluding hydrogens is 283 g/mol. The third-order valence-electron chi connectivity index (χ3n) is 3.81. The fourth-order valence-corrected chi connectivity index (χ4v) is 2.83. The summed E-state index contributed by atoms with van der Waals surface area (Å²) in [5, 5.41) is 3.50. The standard InChI is InChI=1S/C14H19ClN2O.ClH/c1-10-4-5-12(11(15)8-10)17-13(18)14(9-16)6-2-3-7-14;/h4-5,8H,2-3,6-7,9,16H2,1H3,(H,17,18);1H. The highest BCUT2D eigenvalue weighted by molar-refractivity contribution is 6.33. The number of rotatable bonds is 3. The van der Waals surface area contributed by atoms with Gasteiger partial charge < -0.3 is 11.1 Å². The Morgan fingerprint density at radius 3 is 2.58 bits per heavy atom. The smallest absolute Gasteiger partial charge is 0.231 e. The lowest BCUT2D eigenvalue weighted by Crippen LogP contribution is -2.40. The molecule has 1 aliphatic carbocycles. The Balaban J connectivity index is 0.00000180. The van der Waals surface area contributed by atoms with Gasteiger partial charge in [0.15, 0.2) is 0 Å². The molecule has 19 heavy (non-hydrogen) atoms. The van der Waals surface area contributed by atoms with Gasteiger partial charge in [-0.25, -0.2) is 0 Å². The fourth-order valence-electron chi connectivity index (χ4n) is 2.55. The SMILES string of the molecule is Cc1ccc(NC(=O)C2(CN)CCCC2)c(Cl)c1.Cl. The van der Waals surface area contributed by atoms with Crippen LogP contribution in [0.2, 0.25) is 5.02 Å². The van der Waals surface area contributed by atoms with Crippen LogP contribution in [0.25, 0.3) is 0 Å². The number of aryl methyl sites for hydroxylation is 1. The van der Waals surface area contributed by atoms with Gasteiger partial charge in [-0.2, -0.15) is 0 Å². The maximum atomic E-state index is 12.4. The number of carbonyl (C=O) groups excluding carboxylic acids is 1. The summed E-state index contributed by atoms with van der Waals surface area (Å²) in [5.74, 6) is 0.00764. The number of anilines is 1. The van der Waals surface area contributed by atoms with E-state index in [1.807, 2.05) is 25.1 Å². The topological polar surface area (TPSA) is 55.1 Å². The molecule has 0 spiro atoms. The molecule has 5 heteroatoms. The minimum atomic E-state index is -0.395. The molecule has 106 valence electrons. The summed E-state index contributed by atoms with van der Waals surface area (Å²) >= 11 is 6.12. The molecule has 0 unspecified atom stereocenters. The van der Waals surface area contributed by atoms with Crippen LogP contribution >= 0.6 is 24.0 Å². The molecule has 1 saturated carbocycles. The summed E-state index contributed by atoms with van der Waals surface area (Å²) in [4.78, 5) is 12.4. The predicted molar refractivity (Wildman–Crippen MR) is 82.0 cm³/mol. The molecule has 0 aliphatic heterocycles. The van der Waals surface area contributed by atoms with Gasteiger partial charge in [-0.3, -0.25) is 4.79 Å². The number of halogens is 2. The number of benzene rings is 1. The zero-order valence-corrected chi connectivity index (χ0v) is 12.6. The lowest BCUT2D eigenvalue weighted by molar-refractivity contribution is -0.124. The minimum Gasteiger partial charge on any atom is -0.329 e. The normalized spacial score (nSPS) is 16.8. The van der Waals surface area contributed by atoms with Gasteiger partial charge in [0.05, 0.1) is 16.1 Å². The van der Waals surface area contributed by atoms with Crippen molar-refractivity contribution in [3.63, 3.8) is 0 Å². The number of carbonyl (C=O) groups is 1. The molecule has 0 heterocycles. The van der Waals surface area contributed by atoms with Crippen LogP contribution in [0.5, 0.6) is 0 Å². The van der Waals surface area contributed by atoms with Crippen LogP contribution in [0, 0.1) is 12.3 Å². The van der Waals surface area contributed by atoms with Gasteiger partial charge in [0.25, 0.3) is 0 Å². The van der Waals surface area contributed by atoms with Gasteiger partial charge in [-0.15, -0.1) is 12.4 Å². The summed E-state index contributed by atoms with van der Waals surface area (Å²) in [6.07, 6.45) is 3.90. The second kappa shape index (κ2) is 6.60. The molecule has 1 aliphatic rings. The van der Waals surface area contributed by atoms with Crippen molar-refractivity contribution in [3.8, 4) is 0 Å². The molecule has 0 aromatic heterocycles. The quantitative estimate of drug-likeness (QED) is 0.897. The van der Waals surface area contributed by atoms with Crippen molar-refractivity contribution < 1.29 is 4.79 Å². The van der Waals surface area contributed by atoms with Gasteiger partial charge in [-0.1, -0.05) is 30.5 Å². The Kier molecular flexibility index (Phi) is 5.65. The van der Waals surface area contributed by atoms with Crippen molar-refractivity contribution in [1.82, 2.24) is 0 Å². The van der Waals surface area contributed by atoms with E-state index in [0.717, 1.165) is 31.2 Å². The van der Waals surface area contributed by atoms with Crippen LogP contribution < -0.4 is 11.1 Å². The molecule has 0 radical (unpaired) electrons. The van der Waals surface area contributed by atoms with E-state index in [1.165, 1.54) is 0 Å². The van der Waals surface area contributed by atoms with Gasteiger partial charge in [0.1, 0.15) is 0 Å². The van der Waals surface area contributed by atoms with Crippen LogP contribution in [0.4, 0.5) is 5.69 Å². The van der Waals surface area contributed by atoms with Crippen LogP contribution in [0.1, 0.15) is 31.2 Å². The maximum absolute atomic E-state index is 12.4. The number of nitrogens with two attached hydrogens (primary N) is 1. The van der Waals surface area contributed by atoms with Crippen LogP contribution in [0.15, 0.2) is 18.2 Å². The molecule has 3 N–H and O–H groups in total. The van der Waals surface area contributed by atoms with E-state index < -0.39 is 5.41 Å². The molecule has 0 atom stereocenters. The maximum Gasteiger partial charge on any atom is 0.231 e. The van der Waals surface area contributed by atoms with Gasteiger partial charge in [0.2, 0.25) is 5.91 Å². The highest BCUT2D eigenvalue weighted by Crippen LogP contribution is 2.38. The van der Waals surface area contributed by atoms with E-state index in [9.17, 15) is 4.79 Å². The zero-order valence-electron chi connectivity index (χ0n) is 11.0. The first-order valence-electron chi connectivity index (χ1n) is 6.35. The van der Waals surface area contributed by atoms with E-state index >= 15 is 0 Å². The third-order valence-corrected chi connectivity index (χ3v) is 4.12. The van der Waals surface area contributed by atoms with E-state index in [1.54, 1.807) is 0 Å². The molecular formula is C14H20Cl2N2O. The zero-order chi connectivity index (χ0) is 13.2. The van der Waals surface area contributed by atoms with E-state index in [0.29, 0.717) is 17.3 Å². The largest absolute Gasteiger partial charge is 0.329 e. The highest BCUT2D eigenvalue weighted by atomic mass is 35.5. The Labute approximate surface area is 125 Å². The van der Waals surface area contributed by atoms with Crippen molar-refractivity contribution in [2.45, 2.75) is 32.6 Å². The van der Waals surface area contributed by atoms with Crippen molar-refractivity contribution in [2.75, 3.05) is 11.9 Å². The fraction of sp³-hybridized carbons (Fsp3) is 0.500. The molecule has 1 amide bonds. The molecule has 1 aromatic carbocycles. The van der Waals surface area contributed by atoms with Crippen molar-refractivity contribution in [3.05, 3.63) is 28.8 Å². The van der Waals surface area contributed by atoms with Crippen molar-refractivity contribution in [2.24, 2.45) is 11.1 Å². The number of amides is 1. The number of hydrogen-bond acceptors (Lipinski definition) is 2. The van der Waals surface area contributed by atoms with Gasteiger partial charge in [-0.05, 0) is 37.5 Å². The Bertz CT molecular complexity index is 457. The summed E-state index contributed by atoms with van der Waals surface area (Å²) in [6.45, 7) is 2.37. The first-order valence-corrected chi connectivity index (χ1v) is 6.73. The third kappa shape index (κ3) is 3.41. The highest BCUT2D eigenvalue weighted by Gasteiger charge is 2.39. The number of hydrogen-bond donors (Lipinski definition) is 2. The molecule has 0 bridgehead atoms. The van der Waals surface area contributed by atoms with Gasteiger partial charge in [0, 0.05) is 6.54 Å². The van der Waals surface area contributed by atoms with Crippen molar-refractivity contribution in [1.29, 1.82) is 0 Å². The average molecular weight is 303 g/mol. The van der Waals surface area contributed by atoms with Crippen LogP contribution in [-0.2, 0) is 4.79 Å². The first kappa shape index (κ1) is 16.3. The molecule has 1 aromatic rings. The summed E-state index contributed by atoms with van der Waals surface area (Å²) < 4.78 is 0. The van der Waals surface area contributed by atoms with Crippen molar-refractivity contribution >= 4 is 35.6 Å². The summed E-state index contributed by atoms with van der Waals surface area (Å²) in [5.41, 5.74) is 7.15. The van der Waals surface area contributed by atoms with Crippen LogP contribution in [0.3, 0.4) is 0 Å². The minimum absolute atomic E-state index is 0. The average Bonchev–Trinajstić information content (AvgIpc) is 2.82. The lowest BCUT2D eigenvalue weighted by atomic mass is 9.85. The molecule has 1 fully saturated rings. The second-order valence-corrected chi connectivity index (χ2v) is 5.54. The van der Waals surface area contributed by atoms with Crippen LogP contribution in [-0.4, -0.2) is 12.5 Å². The molecule has 3 nitrogen and oxygen atoms in total. The summed E-state index contributed by atoms with van der Waals surface area (Å²) in [7, 11) is 0. The second-order valence-electron chi connectivity index (χ2n) is 5.13. The van der Waals surface area contributed by atoms with Gasteiger partial charge >= 0.3 is 0 Å². The van der Waals surface area contributed by atoms with E-state index in [-0.39, 0.29) is 18.3 Å². The molecule has 0 saturated heterocycles. The molecule has 2 rings (SSSR count). The predicted octanol–water partition coefficient (Wildman–Crippen LogP) is 3.53. The van der Waals surface area contributed by atoms with E-state index in [2.05, 4.69) is 5.32 Å². The van der Waals surface area contributed by atoms with E-state index in [4.69, 9.17) is 17.3 Å². The monoisotopic (exact) mass is 302 g/mol. The first-order chi connectivity index (χ1) is 8.57. The Hall–Kier alpha value is -0.770. The Morgan fingerprint density at radius 1 is 1.42 bits per heavy atom. The Morgan fingerprint density at radius 2 is 2.05 bits per heavy atom.